The molecule has 1 aliphatic carbocycles. The lowest BCUT2D eigenvalue weighted by atomic mass is 9.98. The number of rotatable bonds is 8. The van der Waals surface area contributed by atoms with Crippen LogP contribution in [0.3, 0.4) is 0 Å². The lowest BCUT2D eigenvalue weighted by Gasteiger charge is -2.06. The average molecular weight is 210 g/mol. The van der Waals surface area contributed by atoms with Gasteiger partial charge >= 0.3 is 0 Å². The molecule has 0 aromatic heterocycles. The zero-order chi connectivity index (χ0) is 10.9. The third-order valence-corrected chi connectivity index (χ3v) is 3.59. The van der Waals surface area contributed by atoms with Crippen LogP contribution < -0.4 is 0 Å². The normalized spacial score (nSPS) is 21.1. The Morgan fingerprint density at radius 1 is 1.07 bits per heavy atom. The smallest absolute Gasteiger partial charge is 0.135 e. The van der Waals surface area contributed by atoms with Gasteiger partial charge in [-0.05, 0) is 19.3 Å². The van der Waals surface area contributed by atoms with E-state index < -0.39 is 0 Å². The Morgan fingerprint density at radius 2 is 1.73 bits per heavy atom. The molecule has 1 rings (SSSR count). The van der Waals surface area contributed by atoms with Crippen LogP contribution in [-0.2, 0) is 4.79 Å². The van der Waals surface area contributed by atoms with E-state index >= 15 is 0 Å². The van der Waals surface area contributed by atoms with E-state index in [0.29, 0.717) is 11.7 Å². The molecular formula is C14H26O. The van der Waals surface area contributed by atoms with Crippen LogP contribution in [0.1, 0.15) is 77.6 Å². The fourth-order valence-corrected chi connectivity index (χ4v) is 2.54. The molecule has 1 heteroatoms. The second-order valence-corrected chi connectivity index (χ2v) is 4.97. The van der Waals surface area contributed by atoms with Gasteiger partial charge in [-0.15, -0.1) is 0 Å². The highest BCUT2D eigenvalue weighted by Crippen LogP contribution is 2.26. The molecule has 0 N–H and O–H groups in total. The Kier molecular flexibility index (Phi) is 6.71. The van der Waals surface area contributed by atoms with Crippen molar-refractivity contribution in [2.24, 2.45) is 5.92 Å². The van der Waals surface area contributed by atoms with Gasteiger partial charge in [-0.3, -0.25) is 4.79 Å². The Balaban J connectivity index is 1.86. The molecule has 0 saturated heterocycles. The second kappa shape index (κ2) is 7.90. The minimum atomic E-state index is 0.445. The maximum Gasteiger partial charge on any atom is 0.135 e. The molecule has 1 nitrogen and oxygen atoms in total. The molecule has 0 bridgehead atoms. The zero-order valence-electron chi connectivity index (χ0n) is 10.3. The van der Waals surface area contributed by atoms with E-state index in [4.69, 9.17) is 0 Å². The summed E-state index contributed by atoms with van der Waals surface area (Å²) in [4.78, 5) is 11.4. The van der Waals surface area contributed by atoms with Gasteiger partial charge in [0.15, 0.2) is 0 Å². The van der Waals surface area contributed by atoms with E-state index in [0.717, 1.165) is 12.8 Å². The lowest BCUT2D eigenvalue weighted by molar-refractivity contribution is -0.120. The first-order valence-electron chi connectivity index (χ1n) is 6.87. The Hall–Kier alpha value is -0.330. The lowest BCUT2D eigenvalue weighted by Crippen LogP contribution is -2.05. The second-order valence-electron chi connectivity index (χ2n) is 4.97. The van der Waals surface area contributed by atoms with Crippen molar-refractivity contribution in [2.45, 2.75) is 77.6 Å². The number of hydrogen-bond acceptors (Lipinski definition) is 1. The van der Waals surface area contributed by atoms with E-state index in [-0.39, 0.29) is 0 Å². The molecule has 0 radical (unpaired) electrons. The SMILES string of the molecule is CCCCCCCCC[C@@H]1CCCC1=O. The van der Waals surface area contributed by atoms with Crippen LogP contribution in [0, 0.1) is 5.92 Å². The molecule has 88 valence electrons. The van der Waals surface area contributed by atoms with E-state index in [1.807, 2.05) is 0 Å². The summed E-state index contributed by atoms with van der Waals surface area (Å²) >= 11 is 0. The summed E-state index contributed by atoms with van der Waals surface area (Å²) in [6.07, 6.45) is 13.9. The Morgan fingerprint density at radius 3 is 2.33 bits per heavy atom. The van der Waals surface area contributed by atoms with Crippen molar-refractivity contribution in [1.82, 2.24) is 0 Å². The summed E-state index contributed by atoms with van der Waals surface area (Å²) in [7, 11) is 0. The molecule has 0 heterocycles. The van der Waals surface area contributed by atoms with E-state index in [1.54, 1.807) is 0 Å². The van der Waals surface area contributed by atoms with Crippen molar-refractivity contribution in [1.29, 1.82) is 0 Å². The number of Topliss-reactive ketones (excluding diaryl/α,β-unsaturated/α-hetero) is 1. The van der Waals surface area contributed by atoms with Gasteiger partial charge in [-0.25, -0.2) is 0 Å². The molecule has 0 spiro atoms. The third-order valence-electron chi connectivity index (χ3n) is 3.59. The molecule has 1 aliphatic rings. The summed E-state index contributed by atoms with van der Waals surface area (Å²) in [5.74, 6) is 0.988. The number of carbonyl (C=O) groups excluding carboxylic acids is 1. The van der Waals surface area contributed by atoms with Crippen molar-refractivity contribution in [3.05, 3.63) is 0 Å². The average Bonchev–Trinajstić information content (AvgIpc) is 2.63. The van der Waals surface area contributed by atoms with Crippen LogP contribution in [-0.4, -0.2) is 5.78 Å². The largest absolute Gasteiger partial charge is 0.299 e. The summed E-state index contributed by atoms with van der Waals surface area (Å²) in [6, 6.07) is 0. The van der Waals surface area contributed by atoms with E-state index in [2.05, 4.69) is 6.92 Å². The first kappa shape index (κ1) is 12.7. The molecule has 1 saturated carbocycles. The van der Waals surface area contributed by atoms with Gasteiger partial charge in [-0.1, -0.05) is 51.9 Å². The fraction of sp³-hybridized carbons (Fsp3) is 0.929. The number of hydrogen-bond donors (Lipinski definition) is 0. The molecule has 1 fully saturated rings. The molecule has 0 aliphatic heterocycles. The quantitative estimate of drug-likeness (QED) is 0.539. The van der Waals surface area contributed by atoms with Crippen molar-refractivity contribution >= 4 is 5.78 Å². The molecule has 0 aromatic carbocycles. The van der Waals surface area contributed by atoms with Crippen LogP contribution >= 0.6 is 0 Å². The highest BCUT2D eigenvalue weighted by Gasteiger charge is 2.23. The van der Waals surface area contributed by atoms with Crippen molar-refractivity contribution < 1.29 is 4.79 Å². The maximum atomic E-state index is 11.4. The Labute approximate surface area is 94.6 Å². The van der Waals surface area contributed by atoms with Gasteiger partial charge in [0.2, 0.25) is 0 Å². The molecule has 0 amide bonds. The van der Waals surface area contributed by atoms with Gasteiger partial charge in [0.25, 0.3) is 0 Å². The fourth-order valence-electron chi connectivity index (χ4n) is 2.54. The summed E-state index contributed by atoms with van der Waals surface area (Å²) in [5, 5.41) is 0. The molecule has 0 unspecified atom stereocenters. The highest BCUT2D eigenvalue weighted by molar-refractivity contribution is 5.82. The van der Waals surface area contributed by atoms with Gasteiger partial charge in [0.1, 0.15) is 5.78 Å². The van der Waals surface area contributed by atoms with Crippen molar-refractivity contribution in [3.63, 3.8) is 0 Å². The number of carbonyl (C=O) groups is 1. The predicted molar refractivity (Wildman–Crippen MR) is 65.0 cm³/mol. The topological polar surface area (TPSA) is 17.1 Å². The van der Waals surface area contributed by atoms with Gasteiger partial charge in [-0.2, -0.15) is 0 Å². The number of ketones is 1. The van der Waals surface area contributed by atoms with Crippen LogP contribution in [0.25, 0.3) is 0 Å². The van der Waals surface area contributed by atoms with Gasteiger partial charge in [0, 0.05) is 12.3 Å². The highest BCUT2D eigenvalue weighted by atomic mass is 16.1. The van der Waals surface area contributed by atoms with Crippen LogP contribution in [0.5, 0.6) is 0 Å². The minimum absolute atomic E-state index is 0.445. The molecule has 0 aromatic rings. The monoisotopic (exact) mass is 210 g/mol. The first-order valence-corrected chi connectivity index (χ1v) is 6.87. The molecular weight excluding hydrogens is 184 g/mol. The Bertz CT molecular complexity index is 174. The maximum absolute atomic E-state index is 11.4. The van der Waals surface area contributed by atoms with E-state index in [9.17, 15) is 4.79 Å². The van der Waals surface area contributed by atoms with Crippen LogP contribution in [0.2, 0.25) is 0 Å². The molecule has 15 heavy (non-hydrogen) atoms. The number of unbranched alkanes of at least 4 members (excludes halogenated alkanes) is 6. The zero-order valence-corrected chi connectivity index (χ0v) is 10.3. The summed E-state index contributed by atoms with van der Waals surface area (Å²) in [5.41, 5.74) is 0. The van der Waals surface area contributed by atoms with Gasteiger partial charge < -0.3 is 0 Å². The van der Waals surface area contributed by atoms with Crippen LogP contribution in [0.4, 0.5) is 0 Å². The minimum Gasteiger partial charge on any atom is -0.299 e. The molecule has 1 atom stereocenters. The van der Waals surface area contributed by atoms with E-state index in [1.165, 1.54) is 57.8 Å². The summed E-state index contributed by atoms with van der Waals surface area (Å²) < 4.78 is 0. The van der Waals surface area contributed by atoms with Gasteiger partial charge in [0.05, 0.1) is 0 Å². The van der Waals surface area contributed by atoms with Crippen molar-refractivity contribution in [3.8, 4) is 0 Å². The predicted octanol–water partition coefficient (Wildman–Crippen LogP) is 4.50. The standard InChI is InChI=1S/C14H26O/c1-2-3-4-5-6-7-8-10-13-11-9-12-14(13)15/h13H,2-12H2,1H3/t13-/m1/s1. The first-order chi connectivity index (χ1) is 7.34. The van der Waals surface area contributed by atoms with Crippen molar-refractivity contribution in [2.75, 3.05) is 0 Å². The summed E-state index contributed by atoms with van der Waals surface area (Å²) in [6.45, 7) is 2.26. The van der Waals surface area contributed by atoms with Crippen LogP contribution in [0.15, 0.2) is 0 Å². The third kappa shape index (κ3) is 5.34.